The molecular weight excluding hydrogens is 444 g/mol. The Balaban J connectivity index is 1.98. The van der Waals surface area contributed by atoms with Gasteiger partial charge in [0.25, 0.3) is 5.56 Å². The fourth-order valence-electron chi connectivity index (χ4n) is 3.19. The van der Waals surface area contributed by atoms with Crippen LogP contribution in [0, 0.1) is 23.3 Å². The fourth-order valence-corrected chi connectivity index (χ4v) is 3.19. The Kier molecular flexibility index (Phi) is 5.64. The Labute approximate surface area is 184 Å². The molecule has 0 spiro atoms. The number of nitrogens with zero attached hydrogens (tertiary/aromatic N) is 2. The Morgan fingerprint density at radius 1 is 1.03 bits per heavy atom. The molecule has 2 aromatic heterocycles. The third-order valence-corrected chi connectivity index (χ3v) is 4.93. The summed E-state index contributed by atoms with van der Waals surface area (Å²) in [6.07, 6.45) is 1.07. The van der Waals surface area contributed by atoms with Crippen LogP contribution >= 0.6 is 0 Å². The number of aliphatic hydroxyl groups excluding tert-OH is 1. The largest absolute Gasteiger partial charge is 0.437 e. The van der Waals surface area contributed by atoms with Crippen molar-refractivity contribution in [2.24, 2.45) is 0 Å². The normalized spacial score (nSPS) is 13.2. The summed E-state index contributed by atoms with van der Waals surface area (Å²) in [6.45, 7) is 0.404. The van der Waals surface area contributed by atoms with Gasteiger partial charge in [-0.1, -0.05) is 6.07 Å². The summed E-state index contributed by atoms with van der Waals surface area (Å²) in [5.74, 6) is -4.49. The zero-order valence-corrected chi connectivity index (χ0v) is 17.0. The van der Waals surface area contributed by atoms with Gasteiger partial charge in [0.15, 0.2) is 11.4 Å². The van der Waals surface area contributed by atoms with Gasteiger partial charge in [0.1, 0.15) is 34.7 Å². The molecule has 0 saturated heterocycles. The Bertz CT molecular complexity index is 1390. The Hall–Kier alpha value is -3.76. The summed E-state index contributed by atoms with van der Waals surface area (Å²) in [5.41, 5.74) is -3.63. The van der Waals surface area contributed by atoms with Gasteiger partial charge in [-0.15, -0.1) is 0 Å². The molecule has 2 aromatic carbocycles. The van der Waals surface area contributed by atoms with E-state index in [0.717, 1.165) is 42.6 Å². The van der Waals surface area contributed by atoms with E-state index in [1.54, 1.807) is 0 Å². The number of oxazole rings is 1. The lowest BCUT2D eigenvalue weighted by Crippen LogP contribution is -2.26. The van der Waals surface area contributed by atoms with E-state index >= 15 is 0 Å². The van der Waals surface area contributed by atoms with E-state index in [4.69, 9.17) is 4.42 Å². The Morgan fingerprint density at radius 3 is 2.36 bits per heavy atom. The molecule has 10 heteroatoms. The van der Waals surface area contributed by atoms with Gasteiger partial charge in [-0.05, 0) is 37.3 Å². The molecule has 6 nitrogen and oxygen atoms in total. The van der Waals surface area contributed by atoms with Crippen molar-refractivity contribution in [3.63, 3.8) is 0 Å². The van der Waals surface area contributed by atoms with E-state index in [-0.39, 0.29) is 22.6 Å². The minimum atomic E-state index is -1.96. The number of hydrogen-bond donors (Lipinski definition) is 2. The molecule has 2 N–H and O–H groups in total. The van der Waals surface area contributed by atoms with Crippen LogP contribution in [0.25, 0.3) is 28.3 Å². The summed E-state index contributed by atoms with van der Waals surface area (Å²) >= 11 is 0. The summed E-state index contributed by atoms with van der Waals surface area (Å²) in [5, 5.41) is 19.8. The molecule has 0 radical (unpaired) electrons. The quantitative estimate of drug-likeness (QED) is 0.441. The Morgan fingerprint density at radius 2 is 1.73 bits per heavy atom. The van der Waals surface area contributed by atoms with Gasteiger partial charge in [-0.2, -0.15) is 0 Å². The lowest BCUT2D eigenvalue weighted by Gasteiger charge is -2.15. The van der Waals surface area contributed by atoms with E-state index < -0.39 is 52.6 Å². The third-order valence-electron chi connectivity index (χ3n) is 4.93. The lowest BCUT2D eigenvalue weighted by molar-refractivity contribution is -0.0234. The minimum Gasteiger partial charge on any atom is -0.437 e. The molecular formula is C23H16F4N2O4. The first-order valence-electron chi connectivity index (χ1n) is 9.60. The molecule has 0 aliphatic rings. The summed E-state index contributed by atoms with van der Waals surface area (Å²) < 4.78 is 62.8. The summed E-state index contributed by atoms with van der Waals surface area (Å²) in [4.78, 5) is 16.5. The number of para-hydroxylation sites is 1. The van der Waals surface area contributed by atoms with Crippen molar-refractivity contribution in [3.05, 3.63) is 94.2 Å². The van der Waals surface area contributed by atoms with Crippen LogP contribution < -0.4 is 5.56 Å². The first-order chi connectivity index (χ1) is 15.6. The molecule has 33 heavy (non-hydrogen) atoms. The molecule has 1 atom stereocenters. The number of rotatable bonds is 5. The van der Waals surface area contributed by atoms with Gasteiger partial charge in [-0.3, -0.25) is 9.36 Å². The number of aliphatic hydroxyl groups is 2. The van der Waals surface area contributed by atoms with Crippen LogP contribution in [0.15, 0.2) is 63.9 Å². The van der Waals surface area contributed by atoms with Crippen LogP contribution in [-0.4, -0.2) is 26.4 Å². The molecule has 0 fully saturated rings. The van der Waals surface area contributed by atoms with Gasteiger partial charge in [0.2, 0.25) is 5.89 Å². The molecule has 0 aliphatic carbocycles. The smallest absolute Gasteiger partial charge is 0.255 e. The van der Waals surface area contributed by atoms with Crippen LogP contribution in [0.3, 0.4) is 0 Å². The highest BCUT2D eigenvalue weighted by atomic mass is 19.1. The number of aromatic nitrogens is 2. The molecule has 0 bridgehead atoms. The minimum absolute atomic E-state index is 0.0692. The van der Waals surface area contributed by atoms with Crippen LogP contribution in [0.5, 0.6) is 0 Å². The van der Waals surface area contributed by atoms with E-state index in [1.165, 1.54) is 13.0 Å². The van der Waals surface area contributed by atoms with Gasteiger partial charge in [-0.25, -0.2) is 22.5 Å². The SMILES string of the molecule is C[C@](O)(CO)c1nc(-c2ccc(=O)n(-c3c(F)cccc3F)c2)c(-c2ccc(F)cc2F)o1. The van der Waals surface area contributed by atoms with E-state index in [2.05, 4.69) is 4.98 Å². The average Bonchev–Trinajstić information content (AvgIpc) is 3.21. The molecule has 2 heterocycles. The standard InChI is InChI=1S/C23H16F4N2O4/c1-23(32,11-30)22-28-19(21(33-22)14-7-6-13(24)9-17(14)27)12-5-8-18(31)29(10-12)20-15(25)3-2-4-16(20)26/h2-10,30,32H,11H2,1H3/t23-/m0/s1. The van der Waals surface area contributed by atoms with E-state index in [9.17, 15) is 32.6 Å². The average molecular weight is 460 g/mol. The summed E-state index contributed by atoms with van der Waals surface area (Å²) in [6, 6.07) is 8.04. The molecule has 4 rings (SSSR count). The zero-order chi connectivity index (χ0) is 23.9. The topological polar surface area (TPSA) is 88.5 Å². The van der Waals surface area contributed by atoms with Crippen LogP contribution in [-0.2, 0) is 5.60 Å². The molecule has 0 aliphatic heterocycles. The second-order valence-corrected chi connectivity index (χ2v) is 7.45. The van der Waals surface area contributed by atoms with Crippen LogP contribution in [0.2, 0.25) is 0 Å². The second kappa shape index (κ2) is 8.30. The molecule has 0 amide bonds. The predicted molar refractivity (Wildman–Crippen MR) is 109 cm³/mol. The first-order valence-corrected chi connectivity index (χ1v) is 9.60. The monoisotopic (exact) mass is 460 g/mol. The van der Waals surface area contributed by atoms with Gasteiger partial charge in [0.05, 0.1) is 12.2 Å². The van der Waals surface area contributed by atoms with Crippen molar-refractivity contribution in [1.29, 1.82) is 0 Å². The van der Waals surface area contributed by atoms with Crippen molar-refractivity contribution < 1.29 is 32.2 Å². The van der Waals surface area contributed by atoms with Gasteiger partial charge >= 0.3 is 0 Å². The molecule has 0 saturated carbocycles. The van der Waals surface area contributed by atoms with Crippen molar-refractivity contribution in [2.75, 3.05) is 6.61 Å². The lowest BCUT2D eigenvalue weighted by atomic mass is 10.1. The van der Waals surface area contributed by atoms with Crippen LogP contribution in [0.1, 0.15) is 12.8 Å². The maximum absolute atomic E-state index is 14.5. The molecule has 4 aromatic rings. The molecule has 0 unspecified atom stereocenters. The van der Waals surface area contributed by atoms with Crippen molar-refractivity contribution in [1.82, 2.24) is 9.55 Å². The fraction of sp³-hybridized carbons (Fsp3) is 0.130. The van der Waals surface area contributed by atoms with Crippen molar-refractivity contribution >= 4 is 0 Å². The van der Waals surface area contributed by atoms with E-state index in [0.29, 0.717) is 10.6 Å². The highest BCUT2D eigenvalue weighted by Gasteiger charge is 2.32. The first kappa shape index (κ1) is 22.4. The van der Waals surface area contributed by atoms with Crippen molar-refractivity contribution in [2.45, 2.75) is 12.5 Å². The maximum atomic E-state index is 14.5. The number of halogens is 4. The highest BCUT2D eigenvalue weighted by Crippen LogP contribution is 2.37. The second-order valence-electron chi connectivity index (χ2n) is 7.45. The third kappa shape index (κ3) is 4.06. The highest BCUT2D eigenvalue weighted by molar-refractivity contribution is 5.77. The maximum Gasteiger partial charge on any atom is 0.255 e. The van der Waals surface area contributed by atoms with Gasteiger partial charge < -0.3 is 14.6 Å². The molecule has 170 valence electrons. The van der Waals surface area contributed by atoms with Gasteiger partial charge in [0, 0.05) is 23.9 Å². The number of pyridine rings is 1. The summed E-state index contributed by atoms with van der Waals surface area (Å²) in [7, 11) is 0. The van der Waals surface area contributed by atoms with Crippen molar-refractivity contribution in [3.8, 4) is 28.3 Å². The number of hydrogen-bond acceptors (Lipinski definition) is 5. The van der Waals surface area contributed by atoms with E-state index in [1.807, 2.05) is 0 Å². The van der Waals surface area contributed by atoms with Crippen LogP contribution in [0.4, 0.5) is 17.6 Å². The zero-order valence-electron chi connectivity index (χ0n) is 17.0. The predicted octanol–water partition coefficient (Wildman–Crippen LogP) is 3.92. The number of benzene rings is 2.